The predicted molar refractivity (Wildman–Crippen MR) is 95.3 cm³/mol. The number of rotatable bonds is 5. The van der Waals surface area contributed by atoms with Crippen molar-refractivity contribution in [3.8, 4) is 11.5 Å². The summed E-state index contributed by atoms with van der Waals surface area (Å²) in [4.78, 5) is 0.849. The van der Waals surface area contributed by atoms with Crippen molar-refractivity contribution in [1.82, 2.24) is 19.8 Å². The first-order valence-electron chi connectivity index (χ1n) is 7.89. The molecule has 0 spiro atoms. The summed E-state index contributed by atoms with van der Waals surface area (Å²) in [7, 11) is 0. The van der Waals surface area contributed by atoms with Gasteiger partial charge in [-0.2, -0.15) is 21.4 Å². The minimum Gasteiger partial charge on any atom is -0.486 e. The number of hydrogen-bond donors (Lipinski definition) is 0. The maximum absolute atomic E-state index is 5.65. The van der Waals surface area contributed by atoms with E-state index in [1.54, 1.807) is 11.3 Å². The molecule has 0 fully saturated rings. The lowest BCUT2D eigenvalue weighted by Gasteiger charge is -2.18. The molecule has 8 heteroatoms. The Hall–Kier alpha value is -1.80. The van der Waals surface area contributed by atoms with Gasteiger partial charge in [-0.1, -0.05) is 31.3 Å². The molecule has 1 aromatic carbocycles. The smallest absolute Gasteiger partial charge is 0.234 e. The fraction of sp³-hybridized carbons (Fsp3) is 0.438. The zero-order valence-corrected chi connectivity index (χ0v) is 15.2. The van der Waals surface area contributed by atoms with E-state index in [2.05, 4.69) is 35.2 Å². The van der Waals surface area contributed by atoms with Crippen molar-refractivity contribution in [2.45, 2.75) is 31.3 Å². The minimum absolute atomic E-state index is 0.563. The molecular formula is C16H18N4O2S2. The van der Waals surface area contributed by atoms with Crippen LogP contribution in [0, 0.1) is 0 Å². The molecule has 2 aromatic heterocycles. The van der Waals surface area contributed by atoms with E-state index in [1.165, 1.54) is 0 Å². The molecule has 0 bridgehead atoms. The van der Waals surface area contributed by atoms with E-state index < -0.39 is 0 Å². The monoisotopic (exact) mass is 362 g/mol. The van der Waals surface area contributed by atoms with E-state index in [1.807, 2.05) is 28.4 Å². The van der Waals surface area contributed by atoms with Crippen LogP contribution in [-0.2, 0) is 12.2 Å². The summed E-state index contributed by atoms with van der Waals surface area (Å²) >= 11 is 3.42. The van der Waals surface area contributed by atoms with Crippen molar-refractivity contribution in [2.75, 3.05) is 13.2 Å². The van der Waals surface area contributed by atoms with Crippen molar-refractivity contribution in [3.63, 3.8) is 0 Å². The van der Waals surface area contributed by atoms with Crippen LogP contribution >= 0.6 is 23.1 Å². The summed E-state index contributed by atoms with van der Waals surface area (Å²) in [5.74, 6) is 3.37. The fourth-order valence-corrected chi connectivity index (χ4v) is 4.02. The number of nitrogens with zero attached hydrogens (tertiary/aromatic N) is 4. The average molecular weight is 362 g/mol. The Balaban J connectivity index is 1.54. The summed E-state index contributed by atoms with van der Waals surface area (Å²) in [6.07, 6.45) is 0.751. The number of benzene rings is 1. The van der Waals surface area contributed by atoms with E-state index in [0.717, 1.165) is 45.0 Å². The first-order valence-corrected chi connectivity index (χ1v) is 9.75. The normalized spacial score (nSPS) is 13.8. The fourth-order valence-electron chi connectivity index (χ4n) is 2.47. The molecule has 0 saturated heterocycles. The zero-order chi connectivity index (χ0) is 16.5. The summed E-state index contributed by atoms with van der Waals surface area (Å²) < 4.78 is 13.1. The van der Waals surface area contributed by atoms with Gasteiger partial charge >= 0.3 is 0 Å². The van der Waals surface area contributed by atoms with Crippen molar-refractivity contribution in [3.05, 3.63) is 34.6 Å². The van der Waals surface area contributed by atoms with Crippen LogP contribution in [0.4, 0.5) is 0 Å². The first kappa shape index (κ1) is 15.7. The molecule has 0 unspecified atom stereocenters. The Labute approximate surface area is 148 Å². The number of fused-ring (bicyclic) bond motifs is 2. The molecule has 6 nitrogen and oxygen atoms in total. The summed E-state index contributed by atoms with van der Waals surface area (Å²) in [5.41, 5.74) is 1.15. The maximum Gasteiger partial charge on any atom is 0.234 e. The van der Waals surface area contributed by atoms with Gasteiger partial charge in [0.2, 0.25) is 4.96 Å². The SMILES string of the molecule is CC(C)SCc1nnc2sc(Cc3ccc4c(c3)OCCO4)nn12. The van der Waals surface area contributed by atoms with E-state index >= 15 is 0 Å². The molecule has 0 atom stereocenters. The second-order valence-corrected chi connectivity index (χ2v) is 8.43. The van der Waals surface area contributed by atoms with Gasteiger partial charge < -0.3 is 9.47 Å². The largest absolute Gasteiger partial charge is 0.486 e. The highest BCUT2D eigenvalue weighted by Gasteiger charge is 2.15. The van der Waals surface area contributed by atoms with Gasteiger partial charge in [0.05, 0.1) is 5.75 Å². The van der Waals surface area contributed by atoms with Crippen molar-refractivity contribution in [1.29, 1.82) is 0 Å². The molecule has 0 radical (unpaired) electrons. The van der Waals surface area contributed by atoms with Gasteiger partial charge in [0, 0.05) is 6.42 Å². The third-order valence-electron chi connectivity index (χ3n) is 3.60. The van der Waals surface area contributed by atoms with Crippen LogP contribution in [0.2, 0.25) is 0 Å². The van der Waals surface area contributed by atoms with E-state index in [0.29, 0.717) is 18.5 Å². The van der Waals surface area contributed by atoms with E-state index in [4.69, 9.17) is 9.47 Å². The predicted octanol–water partition coefficient (Wildman–Crippen LogP) is 3.19. The third kappa shape index (κ3) is 3.21. The van der Waals surface area contributed by atoms with E-state index in [9.17, 15) is 0 Å². The second-order valence-electron chi connectivity index (χ2n) is 5.82. The highest BCUT2D eigenvalue weighted by Crippen LogP contribution is 2.32. The van der Waals surface area contributed by atoms with Gasteiger partial charge in [-0.05, 0) is 22.9 Å². The van der Waals surface area contributed by atoms with Crippen LogP contribution in [-0.4, -0.2) is 38.3 Å². The molecule has 4 rings (SSSR count). The van der Waals surface area contributed by atoms with Gasteiger partial charge in [0.1, 0.15) is 18.2 Å². The van der Waals surface area contributed by atoms with Crippen molar-refractivity contribution >= 4 is 28.1 Å². The van der Waals surface area contributed by atoms with Crippen molar-refractivity contribution < 1.29 is 9.47 Å². The lowest BCUT2D eigenvalue weighted by Crippen LogP contribution is -2.15. The van der Waals surface area contributed by atoms with Crippen LogP contribution in [0.5, 0.6) is 11.5 Å². The molecule has 0 amide bonds. The quantitative estimate of drug-likeness (QED) is 0.695. The molecule has 1 aliphatic heterocycles. The average Bonchev–Trinajstić information content (AvgIpc) is 3.13. The number of hydrogen-bond acceptors (Lipinski definition) is 7. The highest BCUT2D eigenvalue weighted by molar-refractivity contribution is 7.99. The highest BCUT2D eigenvalue weighted by atomic mass is 32.2. The maximum atomic E-state index is 5.65. The molecule has 126 valence electrons. The van der Waals surface area contributed by atoms with Crippen LogP contribution in [0.1, 0.15) is 30.2 Å². The zero-order valence-electron chi connectivity index (χ0n) is 13.6. The van der Waals surface area contributed by atoms with Gasteiger partial charge in [0.25, 0.3) is 0 Å². The Morgan fingerprint density at radius 1 is 1.21 bits per heavy atom. The molecule has 24 heavy (non-hydrogen) atoms. The first-order chi connectivity index (χ1) is 11.7. The Bertz CT molecular complexity index is 859. The molecule has 3 aromatic rings. The molecule has 1 aliphatic rings. The Morgan fingerprint density at radius 3 is 2.88 bits per heavy atom. The summed E-state index contributed by atoms with van der Waals surface area (Å²) in [6, 6.07) is 6.06. The molecule has 0 saturated carbocycles. The minimum atomic E-state index is 0.563. The Morgan fingerprint density at radius 2 is 2.04 bits per heavy atom. The molecule has 3 heterocycles. The number of aromatic nitrogens is 4. The topological polar surface area (TPSA) is 61.5 Å². The van der Waals surface area contributed by atoms with E-state index in [-0.39, 0.29) is 0 Å². The van der Waals surface area contributed by atoms with Gasteiger partial charge in [-0.3, -0.25) is 0 Å². The lowest BCUT2D eigenvalue weighted by atomic mass is 10.1. The van der Waals surface area contributed by atoms with Gasteiger partial charge in [0.15, 0.2) is 17.3 Å². The van der Waals surface area contributed by atoms with Gasteiger partial charge in [-0.25, -0.2) is 0 Å². The second kappa shape index (κ2) is 6.60. The summed E-state index contributed by atoms with van der Waals surface area (Å²) in [5, 5.41) is 14.7. The third-order valence-corrected chi connectivity index (χ3v) is 5.60. The lowest BCUT2D eigenvalue weighted by molar-refractivity contribution is 0.171. The van der Waals surface area contributed by atoms with Gasteiger partial charge in [-0.15, -0.1) is 10.2 Å². The van der Waals surface area contributed by atoms with Crippen molar-refractivity contribution in [2.24, 2.45) is 0 Å². The molecule has 0 aliphatic carbocycles. The molecule has 0 N–H and O–H groups in total. The molecular weight excluding hydrogens is 344 g/mol. The number of thioether (sulfide) groups is 1. The number of ether oxygens (including phenoxy) is 2. The standard InChI is InChI=1S/C16H18N4O2S2/c1-10(2)23-9-14-17-18-16-20(14)19-15(24-16)8-11-3-4-12-13(7-11)22-6-5-21-12/h3-4,7,10H,5-6,8-9H2,1-2H3. The van der Waals surface area contributed by atoms with Crippen LogP contribution in [0.15, 0.2) is 18.2 Å². The summed E-state index contributed by atoms with van der Waals surface area (Å²) in [6.45, 7) is 5.57. The van der Waals surface area contributed by atoms with Crippen LogP contribution in [0.25, 0.3) is 4.96 Å². The Kier molecular flexibility index (Phi) is 4.32. The van der Waals surface area contributed by atoms with Crippen LogP contribution in [0.3, 0.4) is 0 Å². The van der Waals surface area contributed by atoms with Crippen LogP contribution < -0.4 is 9.47 Å².